The summed E-state index contributed by atoms with van der Waals surface area (Å²) in [5.74, 6) is -0.698. The first-order valence-corrected chi connectivity index (χ1v) is 8.45. The van der Waals surface area contributed by atoms with Gasteiger partial charge in [0.05, 0.1) is 11.4 Å². The molecule has 1 aliphatic carbocycles. The van der Waals surface area contributed by atoms with Gasteiger partial charge >= 0.3 is 5.97 Å². The van der Waals surface area contributed by atoms with E-state index in [9.17, 15) is 18.3 Å². The smallest absolute Gasteiger partial charge is 0.324 e. The third-order valence-corrected chi connectivity index (χ3v) is 5.99. The molecule has 0 spiro atoms. The summed E-state index contributed by atoms with van der Waals surface area (Å²) in [6, 6.07) is 0. The standard InChI is InChI=1S/C13H21N3O4S/c1-8-4-6-13(7-5-8,12(17)18)16-21(19,20)11-9(2)14-15-10(11)3/h8,16H,4-7H2,1-3H3,(H,14,15)(H,17,18). The first-order chi connectivity index (χ1) is 9.68. The fraction of sp³-hybridized carbons (Fsp3) is 0.692. The predicted molar refractivity (Wildman–Crippen MR) is 76.4 cm³/mol. The number of hydrogen-bond acceptors (Lipinski definition) is 4. The van der Waals surface area contributed by atoms with Gasteiger partial charge in [-0.2, -0.15) is 9.82 Å². The zero-order valence-corrected chi connectivity index (χ0v) is 13.2. The molecule has 1 aromatic heterocycles. The number of hydrogen-bond donors (Lipinski definition) is 3. The van der Waals surface area contributed by atoms with Gasteiger partial charge in [0.2, 0.25) is 10.0 Å². The lowest BCUT2D eigenvalue weighted by atomic mass is 9.78. The van der Waals surface area contributed by atoms with E-state index in [4.69, 9.17) is 0 Å². The fourth-order valence-electron chi connectivity index (χ4n) is 2.86. The van der Waals surface area contributed by atoms with Gasteiger partial charge in [-0.05, 0) is 45.4 Å². The second kappa shape index (κ2) is 5.42. The van der Waals surface area contributed by atoms with Gasteiger partial charge in [-0.3, -0.25) is 9.89 Å². The van der Waals surface area contributed by atoms with Gasteiger partial charge in [-0.1, -0.05) is 6.92 Å². The Labute approximate surface area is 124 Å². The molecule has 1 aromatic rings. The van der Waals surface area contributed by atoms with Gasteiger partial charge in [0.1, 0.15) is 10.4 Å². The molecule has 0 radical (unpaired) electrons. The van der Waals surface area contributed by atoms with Crippen LogP contribution >= 0.6 is 0 Å². The first-order valence-electron chi connectivity index (χ1n) is 6.97. The highest BCUT2D eigenvalue weighted by Gasteiger charge is 2.45. The van der Waals surface area contributed by atoms with E-state index in [1.54, 1.807) is 13.8 Å². The molecule has 0 aromatic carbocycles. The van der Waals surface area contributed by atoms with Crippen LogP contribution in [0.15, 0.2) is 4.90 Å². The Kier molecular flexibility index (Phi) is 4.12. The molecule has 1 saturated carbocycles. The second-order valence-corrected chi connectivity index (χ2v) is 7.56. The van der Waals surface area contributed by atoms with E-state index in [2.05, 4.69) is 14.9 Å². The molecular formula is C13H21N3O4S. The quantitative estimate of drug-likeness (QED) is 0.776. The van der Waals surface area contributed by atoms with Crippen LogP contribution in [-0.2, 0) is 14.8 Å². The van der Waals surface area contributed by atoms with Gasteiger partial charge in [0.25, 0.3) is 0 Å². The Morgan fingerprint density at radius 1 is 1.38 bits per heavy atom. The molecule has 0 amide bonds. The van der Waals surface area contributed by atoms with Crippen LogP contribution in [0.2, 0.25) is 0 Å². The van der Waals surface area contributed by atoms with Crippen molar-refractivity contribution in [3.8, 4) is 0 Å². The number of rotatable bonds is 4. The number of sulfonamides is 1. The minimum Gasteiger partial charge on any atom is -0.480 e. The van der Waals surface area contributed by atoms with Crippen molar-refractivity contribution in [2.75, 3.05) is 0 Å². The molecule has 118 valence electrons. The largest absolute Gasteiger partial charge is 0.480 e. The minimum absolute atomic E-state index is 0.0433. The average Bonchev–Trinajstić information content (AvgIpc) is 2.72. The topological polar surface area (TPSA) is 112 Å². The molecule has 1 heterocycles. The van der Waals surface area contributed by atoms with E-state index in [1.807, 2.05) is 6.92 Å². The monoisotopic (exact) mass is 315 g/mol. The molecule has 0 bridgehead atoms. The molecule has 0 atom stereocenters. The summed E-state index contributed by atoms with van der Waals surface area (Å²) >= 11 is 0. The number of nitrogens with one attached hydrogen (secondary N) is 2. The lowest BCUT2D eigenvalue weighted by Gasteiger charge is -2.36. The van der Waals surface area contributed by atoms with Crippen molar-refractivity contribution in [2.24, 2.45) is 5.92 Å². The molecule has 3 N–H and O–H groups in total. The van der Waals surface area contributed by atoms with Crippen LogP contribution in [0.1, 0.15) is 44.0 Å². The number of aromatic nitrogens is 2. The number of H-pyrrole nitrogens is 1. The van der Waals surface area contributed by atoms with Crippen LogP contribution in [0.4, 0.5) is 0 Å². The van der Waals surface area contributed by atoms with Crippen LogP contribution in [0, 0.1) is 19.8 Å². The van der Waals surface area contributed by atoms with Crippen LogP contribution in [0.5, 0.6) is 0 Å². The van der Waals surface area contributed by atoms with Crippen molar-refractivity contribution >= 4 is 16.0 Å². The van der Waals surface area contributed by atoms with Crippen molar-refractivity contribution in [1.82, 2.24) is 14.9 Å². The van der Waals surface area contributed by atoms with Crippen LogP contribution in [0.3, 0.4) is 0 Å². The molecule has 21 heavy (non-hydrogen) atoms. The van der Waals surface area contributed by atoms with Gasteiger partial charge in [0.15, 0.2) is 0 Å². The first kappa shape index (κ1) is 16.0. The van der Waals surface area contributed by atoms with E-state index in [0.717, 1.165) is 0 Å². The fourth-order valence-corrected chi connectivity index (χ4v) is 4.65. The summed E-state index contributed by atoms with van der Waals surface area (Å²) in [6.45, 7) is 5.23. The highest BCUT2D eigenvalue weighted by molar-refractivity contribution is 7.89. The van der Waals surface area contributed by atoms with Gasteiger partial charge < -0.3 is 5.11 Å². The van der Waals surface area contributed by atoms with Crippen molar-refractivity contribution in [2.45, 2.75) is 56.9 Å². The zero-order chi connectivity index (χ0) is 15.8. The summed E-state index contributed by atoms with van der Waals surface area (Å²) in [7, 11) is -3.92. The molecule has 0 saturated heterocycles. The van der Waals surface area contributed by atoms with Crippen LogP contribution in [-0.4, -0.2) is 35.2 Å². The van der Waals surface area contributed by atoms with Crippen molar-refractivity contribution in [1.29, 1.82) is 0 Å². The van der Waals surface area contributed by atoms with E-state index in [0.29, 0.717) is 43.0 Å². The van der Waals surface area contributed by atoms with Crippen LogP contribution < -0.4 is 4.72 Å². The van der Waals surface area contributed by atoms with Crippen molar-refractivity contribution in [3.63, 3.8) is 0 Å². The van der Waals surface area contributed by atoms with Gasteiger partial charge in [0, 0.05) is 0 Å². The molecule has 2 rings (SSSR count). The third-order valence-electron chi connectivity index (χ3n) is 4.20. The number of aromatic amines is 1. The maximum atomic E-state index is 12.6. The summed E-state index contributed by atoms with van der Waals surface area (Å²) in [5.41, 5.74) is -0.670. The summed E-state index contributed by atoms with van der Waals surface area (Å²) < 4.78 is 27.5. The van der Waals surface area contributed by atoms with Crippen LogP contribution in [0.25, 0.3) is 0 Å². The SMILES string of the molecule is Cc1n[nH]c(C)c1S(=O)(=O)NC1(C(=O)O)CCC(C)CC1. The Hall–Kier alpha value is -1.41. The second-order valence-electron chi connectivity index (χ2n) is 5.94. The van der Waals surface area contributed by atoms with Crippen molar-refractivity contribution in [3.05, 3.63) is 11.4 Å². The molecule has 8 heteroatoms. The third kappa shape index (κ3) is 2.96. The minimum atomic E-state index is -3.92. The normalized spacial score (nSPS) is 26.7. The molecule has 0 aliphatic heterocycles. The summed E-state index contributed by atoms with van der Waals surface area (Å²) in [4.78, 5) is 11.7. The summed E-state index contributed by atoms with van der Waals surface area (Å²) in [6.07, 6.45) is 1.99. The van der Waals surface area contributed by atoms with E-state index < -0.39 is 21.5 Å². The maximum absolute atomic E-state index is 12.6. The molecule has 1 aliphatic rings. The highest BCUT2D eigenvalue weighted by atomic mass is 32.2. The van der Waals surface area contributed by atoms with Gasteiger partial charge in [-0.15, -0.1) is 0 Å². The van der Waals surface area contributed by atoms with E-state index in [-0.39, 0.29) is 4.90 Å². The Morgan fingerprint density at radius 2 is 1.95 bits per heavy atom. The number of nitrogens with zero attached hydrogens (tertiary/aromatic N) is 1. The summed E-state index contributed by atoms with van der Waals surface area (Å²) in [5, 5.41) is 16.0. The van der Waals surface area contributed by atoms with Crippen molar-refractivity contribution < 1.29 is 18.3 Å². The number of carbonyl (C=O) groups is 1. The molecule has 7 nitrogen and oxygen atoms in total. The lowest BCUT2D eigenvalue weighted by Crippen LogP contribution is -2.56. The average molecular weight is 315 g/mol. The Morgan fingerprint density at radius 3 is 2.38 bits per heavy atom. The Bertz CT molecular complexity index is 623. The number of carboxylic acids is 1. The lowest BCUT2D eigenvalue weighted by molar-refractivity contribution is -0.145. The maximum Gasteiger partial charge on any atom is 0.324 e. The number of aryl methyl sites for hydroxylation is 2. The zero-order valence-electron chi connectivity index (χ0n) is 12.4. The Balaban J connectivity index is 2.35. The van der Waals surface area contributed by atoms with E-state index >= 15 is 0 Å². The molecule has 0 unspecified atom stereocenters. The number of aliphatic carboxylic acids is 1. The highest BCUT2D eigenvalue weighted by Crippen LogP contribution is 2.34. The predicted octanol–water partition coefficient (Wildman–Crippen LogP) is 1.34. The van der Waals surface area contributed by atoms with E-state index in [1.165, 1.54) is 0 Å². The molecule has 1 fully saturated rings. The van der Waals surface area contributed by atoms with Gasteiger partial charge in [-0.25, -0.2) is 8.42 Å². The molecular weight excluding hydrogens is 294 g/mol. The number of carboxylic acid groups (broad SMARTS) is 1.